The van der Waals surface area contributed by atoms with Gasteiger partial charge < -0.3 is 10.0 Å². The van der Waals surface area contributed by atoms with Crippen LogP contribution in [0.2, 0.25) is 0 Å². The third-order valence-corrected chi connectivity index (χ3v) is 3.73. The monoisotopic (exact) mass is 297 g/mol. The molecule has 112 valence electrons. The Balaban J connectivity index is 1.88. The van der Waals surface area contributed by atoms with Crippen LogP contribution in [0.1, 0.15) is 37.5 Å². The second-order valence-electron chi connectivity index (χ2n) is 5.36. The minimum Gasteiger partial charge on any atom is -0.478 e. The summed E-state index contributed by atoms with van der Waals surface area (Å²) < 4.78 is 0. The van der Waals surface area contributed by atoms with Gasteiger partial charge in [-0.25, -0.2) is 14.8 Å². The Bertz CT molecular complexity index is 758. The van der Waals surface area contributed by atoms with Gasteiger partial charge in [0.2, 0.25) is 0 Å². The van der Waals surface area contributed by atoms with E-state index in [0.29, 0.717) is 25.1 Å². The molecule has 1 aliphatic heterocycles. The van der Waals surface area contributed by atoms with E-state index >= 15 is 0 Å². The van der Waals surface area contributed by atoms with Crippen molar-refractivity contribution in [2.75, 3.05) is 6.54 Å². The predicted molar refractivity (Wildman–Crippen MR) is 78.6 cm³/mol. The molecule has 1 aromatic carbocycles. The number of carboxylic acids is 1. The second-order valence-corrected chi connectivity index (χ2v) is 5.36. The highest BCUT2D eigenvalue weighted by molar-refractivity contribution is 5.97. The molecule has 6 heteroatoms. The summed E-state index contributed by atoms with van der Waals surface area (Å²) in [5.41, 5.74) is 3.18. The normalized spacial score (nSPS) is 13.6. The number of amides is 1. The molecule has 2 aromatic rings. The molecule has 0 atom stereocenters. The molecule has 1 aliphatic rings. The summed E-state index contributed by atoms with van der Waals surface area (Å²) in [6.07, 6.45) is 3.96. The highest BCUT2D eigenvalue weighted by atomic mass is 16.4. The van der Waals surface area contributed by atoms with E-state index in [9.17, 15) is 9.59 Å². The van der Waals surface area contributed by atoms with Gasteiger partial charge in [0.05, 0.1) is 17.8 Å². The van der Waals surface area contributed by atoms with Crippen LogP contribution in [-0.4, -0.2) is 38.4 Å². The average molecular weight is 297 g/mol. The van der Waals surface area contributed by atoms with Crippen LogP contribution in [0.15, 0.2) is 30.7 Å². The number of carboxylic acid groups (broad SMARTS) is 1. The molecule has 1 aromatic heterocycles. The lowest BCUT2D eigenvalue weighted by Crippen LogP contribution is -2.36. The van der Waals surface area contributed by atoms with Crippen molar-refractivity contribution in [1.82, 2.24) is 14.9 Å². The van der Waals surface area contributed by atoms with Crippen molar-refractivity contribution in [2.45, 2.75) is 19.9 Å². The molecule has 3 rings (SSSR count). The summed E-state index contributed by atoms with van der Waals surface area (Å²) in [6, 6.07) is 4.69. The van der Waals surface area contributed by atoms with Crippen LogP contribution in [0.3, 0.4) is 0 Å². The van der Waals surface area contributed by atoms with Gasteiger partial charge in [0.25, 0.3) is 5.91 Å². The molecule has 2 heterocycles. The Hall–Kier alpha value is -2.76. The Morgan fingerprint density at radius 1 is 1.23 bits per heavy atom. The lowest BCUT2D eigenvalue weighted by molar-refractivity contribution is 0.0696. The fraction of sp³-hybridized carbons (Fsp3) is 0.250. The van der Waals surface area contributed by atoms with Crippen LogP contribution in [0.5, 0.6) is 0 Å². The number of benzene rings is 1. The van der Waals surface area contributed by atoms with E-state index in [1.165, 1.54) is 12.4 Å². The first-order valence-corrected chi connectivity index (χ1v) is 6.96. The molecule has 0 spiro atoms. The lowest BCUT2D eigenvalue weighted by atomic mass is 10.0. The van der Waals surface area contributed by atoms with E-state index < -0.39 is 5.97 Å². The zero-order valence-electron chi connectivity index (χ0n) is 12.1. The fourth-order valence-electron chi connectivity index (χ4n) is 2.64. The standard InChI is InChI=1S/C16H15N3O3/c1-10-4-12(6-13(5-10)16(21)22)15(20)19-3-2-11-7-17-9-18-14(11)8-19/h4-7,9H,2-3,8H2,1H3,(H,21,22). The predicted octanol–water partition coefficient (Wildman–Crippen LogP) is 1.68. The molecule has 1 N–H and O–H groups in total. The topological polar surface area (TPSA) is 83.4 Å². The third kappa shape index (κ3) is 2.67. The van der Waals surface area contributed by atoms with E-state index in [1.54, 1.807) is 30.2 Å². The van der Waals surface area contributed by atoms with E-state index in [-0.39, 0.29) is 11.5 Å². The average Bonchev–Trinajstić information content (AvgIpc) is 2.53. The first-order valence-electron chi connectivity index (χ1n) is 6.96. The van der Waals surface area contributed by atoms with Crippen molar-refractivity contribution in [1.29, 1.82) is 0 Å². The summed E-state index contributed by atoms with van der Waals surface area (Å²) in [5.74, 6) is -1.20. The number of aryl methyl sites for hydroxylation is 1. The summed E-state index contributed by atoms with van der Waals surface area (Å²) in [6.45, 7) is 2.78. The number of nitrogens with zero attached hydrogens (tertiary/aromatic N) is 3. The van der Waals surface area contributed by atoms with Gasteiger partial charge in [0.15, 0.2) is 0 Å². The zero-order valence-corrected chi connectivity index (χ0v) is 12.1. The molecule has 22 heavy (non-hydrogen) atoms. The molecule has 6 nitrogen and oxygen atoms in total. The van der Waals surface area contributed by atoms with Crippen molar-refractivity contribution in [3.05, 3.63) is 58.7 Å². The lowest BCUT2D eigenvalue weighted by Gasteiger charge is -2.28. The van der Waals surface area contributed by atoms with Gasteiger partial charge in [-0.2, -0.15) is 0 Å². The number of aromatic carboxylic acids is 1. The van der Waals surface area contributed by atoms with E-state index in [4.69, 9.17) is 5.11 Å². The van der Waals surface area contributed by atoms with E-state index in [0.717, 1.165) is 16.8 Å². The van der Waals surface area contributed by atoms with Crippen LogP contribution in [-0.2, 0) is 13.0 Å². The summed E-state index contributed by atoms with van der Waals surface area (Å²) >= 11 is 0. The summed E-state index contributed by atoms with van der Waals surface area (Å²) in [5, 5.41) is 9.11. The van der Waals surface area contributed by atoms with Crippen LogP contribution in [0, 0.1) is 6.92 Å². The van der Waals surface area contributed by atoms with Crippen LogP contribution >= 0.6 is 0 Å². The maximum absolute atomic E-state index is 12.6. The zero-order chi connectivity index (χ0) is 15.7. The van der Waals surface area contributed by atoms with Crippen LogP contribution in [0.25, 0.3) is 0 Å². The Labute approximate surface area is 127 Å². The van der Waals surface area contributed by atoms with Gasteiger partial charge in [-0.3, -0.25) is 4.79 Å². The second kappa shape index (κ2) is 5.55. The van der Waals surface area contributed by atoms with E-state index in [1.807, 2.05) is 0 Å². The first-order chi connectivity index (χ1) is 10.5. The quantitative estimate of drug-likeness (QED) is 0.911. The highest BCUT2D eigenvalue weighted by Crippen LogP contribution is 2.19. The molecule has 0 radical (unpaired) electrons. The van der Waals surface area contributed by atoms with Crippen molar-refractivity contribution in [3.8, 4) is 0 Å². The van der Waals surface area contributed by atoms with Crippen molar-refractivity contribution in [3.63, 3.8) is 0 Å². The number of carbonyl (C=O) groups is 2. The Morgan fingerprint density at radius 2 is 2.00 bits per heavy atom. The largest absolute Gasteiger partial charge is 0.478 e. The van der Waals surface area contributed by atoms with Gasteiger partial charge in [-0.05, 0) is 42.7 Å². The van der Waals surface area contributed by atoms with Gasteiger partial charge in [-0.1, -0.05) is 0 Å². The van der Waals surface area contributed by atoms with Crippen molar-refractivity contribution in [2.24, 2.45) is 0 Å². The molecular formula is C16H15N3O3. The SMILES string of the molecule is Cc1cc(C(=O)O)cc(C(=O)N2CCc3cncnc3C2)c1. The molecule has 1 amide bonds. The number of carbonyl (C=O) groups excluding carboxylic acids is 1. The fourth-order valence-corrected chi connectivity index (χ4v) is 2.64. The van der Waals surface area contributed by atoms with Gasteiger partial charge in [0.1, 0.15) is 6.33 Å². The Morgan fingerprint density at radius 3 is 2.77 bits per heavy atom. The number of rotatable bonds is 2. The number of hydrogen-bond acceptors (Lipinski definition) is 4. The maximum atomic E-state index is 12.6. The number of fused-ring (bicyclic) bond motifs is 1. The van der Waals surface area contributed by atoms with Crippen molar-refractivity contribution < 1.29 is 14.7 Å². The molecule has 0 unspecified atom stereocenters. The van der Waals surface area contributed by atoms with Gasteiger partial charge >= 0.3 is 5.97 Å². The molecule has 0 saturated carbocycles. The number of aromatic nitrogens is 2. The van der Waals surface area contributed by atoms with Crippen LogP contribution < -0.4 is 0 Å². The Kier molecular flexibility index (Phi) is 3.58. The van der Waals surface area contributed by atoms with E-state index in [2.05, 4.69) is 9.97 Å². The summed E-state index contributed by atoms with van der Waals surface area (Å²) in [7, 11) is 0. The third-order valence-electron chi connectivity index (χ3n) is 3.73. The number of hydrogen-bond donors (Lipinski definition) is 1. The molecular weight excluding hydrogens is 282 g/mol. The molecule has 0 saturated heterocycles. The van der Waals surface area contributed by atoms with Crippen molar-refractivity contribution >= 4 is 11.9 Å². The smallest absolute Gasteiger partial charge is 0.335 e. The highest BCUT2D eigenvalue weighted by Gasteiger charge is 2.23. The van der Waals surface area contributed by atoms with Gasteiger partial charge in [0, 0.05) is 18.3 Å². The van der Waals surface area contributed by atoms with Gasteiger partial charge in [-0.15, -0.1) is 0 Å². The first kappa shape index (κ1) is 14.2. The maximum Gasteiger partial charge on any atom is 0.335 e. The molecule has 0 aliphatic carbocycles. The molecule has 0 bridgehead atoms. The minimum absolute atomic E-state index is 0.128. The molecule has 0 fully saturated rings. The summed E-state index contributed by atoms with van der Waals surface area (Å²) in [4.78, 5) is 33.6. The van der Waals surface area contributed by atoms with Crippen LogP contribution in [0.4, 0.5) is 0 Å². The minimum atomic E-state index is -1.03.